The number of hydrogen-bond acceptors (Lipinski definition) is 3. The molecule has 1 amide bonds. The fraction of sp³-hybridized carbons (Fsp3) is 0.188. The van der Waals surface area contributed by atoms with Gasteiger partial charge in [-0.2, -0.15) is 0 Å². The van der Waals surface area contributed by atoms with Gasteiger partial charge < -0.3 is 15.8 Å². The summed E-state index contributed by atoms with van der Waals surface area (Å²) in [5.74, 6) is 0. The van der Waals surface area contributed by atoms with Crippen LogP contribution in [0.3, 0.4) is 0 Å². The number of hydrogen-bond donors (Lipinski definition) is 2. The second-order valence-electron chi connectivity index (χ2n) is 4.46. The predicted octanol–water partition coefficient (Wildman–Crippen LogP) is 2.61. The van der Waals surface area contributed by atoms with Gasteiger partial charge in [0.05, 0.1) is 0 Å². The summed E-state index contributed by atoms with van der Waals surface area (Å²) in [5, 5.41) is 2.66. The quantitative estimate of drug-likeness (QED) is 0.877. The molecular formula is C16H18N2O2. The van der Waals surface area contributed by atoms with Crippen LogP contribution in [-0.4, -0.2) is 12.6 Å². The molecule has 0 aromatic heterocycles. The smallest absolute Gasteiger partial charge is 0.407 e. The molecule has 3 N–H and O–H groups in total. The van der Waals surface area contributed by atoms with Crippen molar-refractivity contribution in [1.29, 1.82) is 0 Å². The van der Waals surface area contributed by atoms with Crippen LogP contribution in [0.4, 0.5) is 4.79 Å². The fourth-order valence-electron chi connectivity index (χ4n) is 1.79. The SMILES string of the molecule is N[C@H](CNC(=O)OCc1ccccc1)c1ccccc1. The van der Waals surface area contributed by atoms with Crippen molar-refractivity contribution in [2.24, 2.45) is 5.73 Å². The van der Waals surface area contributed by atoms with Crippen LogP contribution < -0.4 is 11.1 Å². The van der Waals surface area contributed by atoms with E-state index in [1.54, 1.807) is 0 Å². The maximum absolute atomic E-state index is 11.6. The first kappa shape index (κ1) is 14.1. The van der Waals surface area contributed by atoms with Crippen LogP contribution >= 0.6 is 0 Å². The predicted molar refractivity (Wildman–Crippen MR) is 78.0 cm³/mol. The van der Waals surface area contributed by atoms with Gasteiger partial charge >= 0.3 is 6.09 Å². The Hall–Kier alpha value is -2.33. The van der Waals surface area contributed by atoms with E-state index in [1.807, 2.05) is 60.7 Å². The molecule has 0 bridgehead atoms. The first-order valence-corrected chi connectivity index (χ1v) is 6.51. The molecule has 0 aliphatic heterocycles. The van der Waals surface area contributed by atoms with Gasteiger partial charge in [-0.25, -0.2) is 4.79 Å². The van der Waals surface area contributed by atoms with Crippen LogP contribution in [0.2, 0.25) is 0 Å². The lowest BCUT2D eigenvalue weighted by atomic mass is 10.1. The van der Waals surface area contributed by atoms with Gasteiger partial charge in [0.2, 0.25) is 0 Å². The summed E-state index contributed by atoms with van der Waals surface area (Å²) in [4.78, 5) is 11.6. The normalized spacial score (nSPS) is 11.7. The molecule has 0 saturated carbocycles. The largest absolute Gasteiger partial charge is 0.445 e. The molecule has 0 spiro atoms. The number of nitrogens with two attached hydrogens (primary N) is 1. The maximum atomic E-state index is 11.6. The molecule has 0 aliphatic carbocycles. The topological polar surface area (TPSA) is 64.3 Å². The van der Waals surface area contributed by atoms with Gasteiger partial charge in [-0.3, -0.25) is 0 Å². The molecule has 4 nitrogen and oxygen atoms in total. The Balaban J connectivity index is 1.73. The van der Waals surface area contributed by atoms with Gasteiger partial charge in [-0.05, 0) is 11.1 Å². The molecule has 0 saturated heterocycles. The van der Waals surface area contributed by atoms with E-state index in [9.17, 15) is 4.79 Å². The Morgan fingerprint density at radius 1 is 1.05 bits per heavy atom. The minimum absolute atomic E-state index is 0.236. The second kappa shape index (κ2) is 7.31. The molecule has 4 heteroatoms. The standard InChI is InChI=1S/C16H18N2O2/c17-15(14-9-5-2-6-10-14)11-18-16(19)20-12-13-7-3-1-4-8-13/h1-10,15H,11-12,17H2,(H,18,19)/t15-/m1/s1. The van der Waals surface area contributed by atoms with Crippen LogP contribution in [0.25, 0.3) is 0 Å². The van der Waals surface area contributed by atoms with Crippen molar-refractivity contribution in [2.75, 3.05) is 6.54 Å². The third kappa shape index (κ3) is 4.40. The summed E-state index contributed by atoms with van der Waals surface area (Å²) in [6.07, 6.45) is -0.458. The van der Waals surface area contributed by atoms with Gasteiger partial charge in [0.25, 0.3) is 0 Å². The van der Waals surface area contributed by atoms with E-state index in [0.717, 1.165) is 11.1 Å². The monoisotopic (exact) mass is 270 g/mol. The first-order chi connectivity index (χ1) is 9.75. The Bertz CT molecular complexity index is 529. The summed E-state index contributed by atoms with van der Waals surface area (Å²) in [6.45, 7) is 0.602. The molecule has 2 rings (SSSR count). The molecule has 0 radical (unpaired) electrons. The number of ether oxygens (including phenoxy) is 1. The lowest BCUT2D eigenvalue weighted by Gasteiger charge is -2.13. The van der Waals surface area contributed by atoms with E-state index in [2.05, 4.69) is 5.32 Å². The van der Waals surface area contributed by atoms with E-state index in [0.29, 0.717) is 6.54 Å². The van der Waals surface area contributed by atoms with Gasteiger partial charge in [-0.15, -0.1) is 0 Å². The van der Waals surface area contributed by atoms with Crippen LogP contribution in [-0.2, 0) is 11.3 Å². The lowest BCUT2D eigenvalue weighted by molar-refractivity contribution is 0.139. The van der Waals surface area contributed by atoms with Crippen molar-refractivity contribution in [1.82, 2.24) is 5.32 Å². The zero-order valence-electron chi connectivity index (χ0n) is 11.2. The van der Waals surface area contributed by atoms with Gasteiger partial charge in [0.1, 0.15) is 6.61 Å². The third-order valence-electron chi connectivity index (χ3n) is 2.91. The number of rotatable bonds is 5. The zero-order chi connectivity index (χ0) is 14.2. The van der Waals surface area contributed by atoms with Gasteiger partial charge in [-0.1, -0.05) is 60.7 Å². The van der Waals surface area contributed by atoms with Crippen LogP contribution in [0.15, 0.2) is 60.7 Å². The molecule has 0 fully saturated rings. The van der Waals surface area contributed by atoms with Gasteiger partial charge in [0, 0.05) is 12.6 Å². The highest BCUT2D eigenvalue weighted by Crippen LogP contribution is 2.08. The number of benzene rings is 2. The van der Waals surface area contributed by atoms with Crippen molar-refractivity contribution in [3.05, 3.63) is 71.8 Å². The third-order valence-corrected chi connectivity index (χ3v) is 2.91. The summed E-state index contributed by atoms with van der Waals surface area (Å²) in [6, 6.07) is 18.9. The van der Waals surface area contributed by atoms with Crippen molar-refractivity contribution in [3.8, 4) is 0 Å². The van der Waals surface area contributed by atoms with Crippen molar-refractivity contribution < 1.29 is 9.53 Å². The molecule has 0 heterocycles. The highest BCUT2D eigenvalue weighted by atomic mass is 16.5. The number of carbonyl (C=O) groups is 1. The van der Waals surface area contributed by atoms with Crippen LogP contribution in [0, 0.1) is 0 Å². The lowest BCUT2D eigenvalue weighted by Crippen LogP contribution is -2.32. The van der Waals surface area contributed by atoms with Crippen molar-refractivity contribution in [2.45, 2.75) is 12.6 Å². The van der Waals surface area contributed by atoms with E-state index in [4.69, 9.17) is 10.5 Å². The van der Waals surface area contributed by atoms with E-state index >= 15 is 0 Å². The van der Waals surface area contributed by atoms with Crippen molar-refractivity contribution in [3.63, 3.8) is 0 Å². The highest BCUT2D eigenvalue weighted by molar-refractivity contribution is 5.67. The number of nitrogens with one attached hydrogen (secondary N) is 1. The molecule has 2 aromatic rings. The fourth-order valence-corrected chi connectivity index (χ4v) is 1.79. The minimum Gasteiger partial charge on any atom is -0.445 e. The molecule has 0 unspecified atom stereocenters. The Kier molecular flexibility index (Phi) is 5.15. The highest BCUT2D eigenvalue weighted by Gasteiger charge is 2.08. The zero-order valence-corrected chi connectivity index (χ0v) is 11.2. The molecule has 2 aromatic carbocycles. The minimum atomic E-state index is -0.458. The van der Waals surface area contributed by atoms with Crippen LogP contribution in [0.5, 0.6) is 0 Å². The Morgan fingerprint density at radius 2 is 1.65 bits per heavy atom. The summed E-state index contributed by atoms with van der Waals surface area (Å²) in [5.41, 5.74) is 7.92. The average molecular weight is 270 g/mol. The average Bonchev–Trinajstić information content (AvgIpc) is 2.52. The molecule has 104 valence electrons. The number of amides is 1. The van der Waals surface area contributed by atoms with E-state index in [1.165, 1.54) is 0 Å². The van der Waals surface area contributed by atoms with E-state index in [-0.39, 0.29) is 12.6 Å². The molecule has 1 atom stereocenters. The summed E-state index contributed by atoms with van der Waals surface area (Å²) in [7, 11) is 0. The van der Waals surface area contributed by atoms with Crippen LogP contribution in [0.1, 0.15) is 17.2 Å². The summed E-state index contributed by atoms with van der Waals surface area (Å²) >= 11 is 0. The molecular weight excluding hydrogens is 252 g/mol. The Morgan fingerprint density at radius 3 is 2.30 bits per heavy atom. The van der Waals surface area contributed by atoms with E-state index < -0.39 is 6.09 Å². The summed E-state index contributed by atoms with van der Waals surface area (Å²) < 4.78 is 5.11. The maximum Gasteiger partial charge on any atom is 0.407 e. The molecule has 20 heavy (non-hydrogen) atoms. The first-order valence-electron chi connectivity index (χ1n) is 6.51. The number of alkyl carbamates (subject to hydrolysis) is 1. The molecule has 0 aliphatic rings. The number of carbonyl (C=O) groups excluding carboxylic acids is 1. The second-order valence-corrected chi connectivity index (χ2v) is 4.46. The Labute approximate surface area is 118 Å². The van der Waals surface area contributed by atoms with Crippen molar-refractivity contribution >= 4 is 6.09 Å². The van der Waals surface area contributed by atoms with Gasteiger partial charge in [0.15, 0.2) is 0 Å².